The van der Waals surface area contributed by atoms with Crippen molar-refractivity contribution >= 4 is 11.8 Å². The highest BCUT2D eigenvalue weighted by Crippen LogP contribution is 2.67. The first-order valence-corrected chi connectivity index (χ1v) is 11.2. The summed E-state index contributed by atoms with van der Waals surface area (Å²) in [4.78, 5) is 25.2. The Hall–Kier alpha value is -1.02. The molecule has 7 nitrogen and oxygen atoms in total. The smallest absolute Gasteiger partial charge is 0.302 e. The molecule has 1 N–H and O–H groups in total. The summed E-state index contributed by atoms with van der Waals surface area (Å²) < 4.78 is 23.8. The van der Waals surface area contributed by atoms with Crippen LogP contribution in [-0.4, -0.2) is 60.3 Å². The van der Waals surface area contributed by atoms with Crippen LogP contribution in [0.1, 0.15) is 66.7 Å². The minimum atomic E-state index is -1.10. The van der Waals surface area contributed by atoms with Crippen LogP contribution in [0.5, 0.6) is 0 Å². The number of ketones is 1. The number of ether oxygens (including phenoxy) is 4. The first-order valence-electron chi connectivity index (χ1n) is 11.2. The molecule has 0 aromatic carbocycles. The van der Waals surface area contributed by atoms with Crippen molar-refractivity contribution in [2.24, 2.45) is 22.7 Å². The van der Waals surface area contributed by atoms with Crippen molar-refractivity contribution in [3.8, 4) is 0 Å². The van der Waals surface area contributed by atoms with Gasteiger partial charge in [0.1, 0.15) is 12.2 Å². The van der Waals surface area contributed by atoms with Crippen LogP contribution in [0, 0.1) is 22.7 Å². The summed E-state index contributed by atoms with van der Waals surface area (Å²) in [5.74, 6) is -1.29. The fourth-order valence-electron chi connectivity index (χ4n) is 7.38. The average molecular weight is 425 g/mol. The lowest BCUT2D eigenvalue weighted by molar-refractivity contribution is -0.266. The van der Waals surface area contributed by atoms with Crippen molar-refractivity contribution < 1.29 is 33.6 Å². The first kappa shape index (κ1) is 22.2. The number of aliphatic hydroxyl groups excluding tert-OH is 1. The molecule has 2 aliphatic heterocycles. The molecule has 0 bridgehead atoms. The maximum Gasteiger partial charge on any atom is 0.302 e. The van der Waals surface area contributed by atoms with Gasteiger partial charge in [-0.15, -0.1) is 0 Å². The van der Waals surface area contributed by atoms with Crippen molar-refractivity contribution in [3.63, 3.8) is 0 Å². The maximum absolute atomic E-state index is 13.5. The molecular formula is C23H36O7. The third kappa shape index (κ3) is 2.85. The number of hydrogen-bond acceptors (Lipinski definition) is 7. The molecule has 0 radical (unpaired) electrons. The molecule has 2 spiro atoms. The molecule has 4 fully saturated rings. The van der Waals surface area contributed by atoms with E-state index in [4.69, 9.17) is 18.9 Å². The van der Waals surface area contributed by atoms with E-state index in [0.29, 0.717) is 25.9 Å². The van der Waals surface area contributed by atoms with Crippen molar-refractivity contribution in [3.05, 3.63) is 0 Å². The fourth-order valence-corrected chi connectivity index (χ4v) is 7.38. The molecular weight excluding hydrogens is 388 g/mol. The monoisotopic (exact) mass is 424 g/mol. The summed E-state index contributed by atoms with van der Waals surface area (Å²) in [5.41, 5.74) is -2.17. The van der Waals surface area contributed by atoms with E-state index in [2.05, 4.69) is 6.92 Å². The lowest BCUT2D eigenvalue weighted by atomic mass is 9.43. The molecule has 0 amide bonds. The third-order valence-electron chi connectivity index (χ3n) is 8.88. The van der Waals surface area contributed by atoms with Crippen LogP contribution in [0.4, 0.5) is 0 Å². The number of methoxy groups -OCH3 is 1. The molecule has 4 rings (SSSR count). The lowest BCUT2D eigenvalue weighted by Gasteiger charge is -2.64. The van der Waals surface area contributed by atoms with Crippen LogP contribution in [0.25, 0.3) is 0 Å². The zero-order valence-corrected chi connectivity index (χ0v) is 19.0. The van der Waals surface area contributed by atoms with Gasteiger partial charge in [0.25, 0.3) is 0 Å². The van der Waals surface area contributed by atoms with Crippen LogP contribution >= 0.6 is 0 Å². The van der Waals surface area contributed by atoms with E-state index < -0.39 is 34.1 Å². The van der Waals surface area contributed by atoms with Crippen molar-refractivity contribution in [2.45, 2.75) is 96.4 Å². The zero-order valence-electron chi connectivity index (χ0n) is 19.0. The van der Waals surface area contributed by atoms with Gasteiger partial charge in [0, 0.05) is 43.1 Å². The van der Waals surface area contributed by atoms with Crippen LogP contribution in [0.15, 0.2) is 0 Å². The van der Waals surface area contributed by atoms with Crippen LogP contribution < -0.4 is 0 Å². The second kappa shape index (κ2) is 6.99. The Kier molecular flexibility index (Phi) is 5.17. The topological polar surface area (TPSA) is 91.3 Å². The van der Waals surface area contributed by atoms with E-state index in [1.54, 1.807) is 7.11 Å². The number of aliphatic hydroxyl groups is 1. The van der Waals surface area contributed by atoms with Crippen molar-refractivity contribution in [1.82, 2.24) is 0 Å². The Labute approximate surface area is 178 Å². The SMILES string of the molecule is COC1CC2(CCC3(O2)C(C)C(O)C(=O)C2C(C)(C)C(OC(C)=O)CCC23C)CO1. The number of Topliss-reactive ketones (excluding diaryl/α,β-unsaturated/α-hetero) is 1. The van der Waals surface area contributed by atoms with E-state index in [-0.39, 0.29) is 30.1 Å². The molecule has 0 aromatic rings. The maximum atomic E-state index is 13.5. The van der Waals surface area contributed by atoms with E-state index >= 15 is 0 Å². The molecule has 0 aromatic heterocycles. The normalized spacial score (nSPS) is 50.1. The molecule has 170 valence electrons. The Morgan fingerprint density at radius 1 is 1.20 bits per heavy atom. The molecule has 2 aliphatic carbocycles. The summed E-state index contributed by atoms with van der Waals surface area (Å²) in [6, 6.07) is 0. The van der Waals surface area contributed by atoms with Gasteiger partial charge in [-0.3, -0.25) is 9.59 Å². The minimum Gasteiger partial charge on any atom is -0.462 e. The van der Waals surface area contributed by atoms with Crippen LogP contribution in [0.2, 0.25) is 0 Å². The summed E-state index contributed by atoms with van der Waals surface area (Å²) in [5, 5.41) is 11.1. The summed E-state index contributed by atoms with van der Waals surface area (Å²) >= 11 is 0. The molecule has 4 aliphatic rings. The van der Waals surface area contributed by atoms with Gasteiger partial charge in [-0.2, -0.15) is 0 Å². The van der Waals surface area contributed by atoms with Gasteiger partial charge in [-0.25, -0.2) is 0 Å². The van der Waals surface area contributed by atoms with E-state index in [0.717, 1.165) is 12.8 Å². The van der Waals surface area contributed by atoms with Crippen molar-refractivity contribution in [1.29, 1.82) is 0 Å². The van der Waals surface area contributed by atoms with Crippen LogP contribution in [-0.2, 0) is 28.5 Å². The lowest BCUT2D eigenvalue weighted by Crippen LogP contribution is -2.71. The quantitative estimate of drug-likeness (QED) is 0.681. The second-order valence-electron chi connectivity index (χ2n) is 10.8. The number of carbonyl (C=O) groups is 2. The summed E-state index contributed by atoms with van der Waals surface area (Å²) in [7, 11) is 1.64. The molecule has 2 heterocycles. The third-order valence-corrected chi connectivity index (χ3v) is 8.88. The minimum absolute atomic E-state index is 0.153. The fraction of sp³-hybridized carbons (Fsp3) is 0.913. The van der Waals surface area contributed by atoms with Crippen molar-refractivity contribution in [2.75, 3.05) is 13.7 Å². The Morgan fingerprint density at radius 3 is 2.50 bits per heavy atom. The summed E-state index contributed by atoms with van der Waals surface area (Å²) in [6.45, 7) is 9.93. The predicted octanol–water partition coefficient (Wildman–Crippen LogP) is 2.62. The molecule has 8 unspecified atom stereocenters. The van der Waals surface area contributed by atoms with Gasteiger partial charge in [0.05, 0.1) is 17.8 Å². The van der Waals surface area contributed by atoms with Crippen LogP contribution in [0.3, 0.4) is 0 Å². The van der Waals surface area contributed by atoms with Gasteiger partial charge in [0.2, 0.25) is 0 Å². The van der Waals surface area contributed by atoms with Gasteiger partial charge in [-0.05, 0) is 25.7 Å². The first-order chi connectivity index (χ1) is 13.9. The standard InChI is InChI=1S/C23H36O7/c1-13-17(25)18(26)19-20(3,4)15(29-14(2)24)7-8-21(19,5)23(13)10-9-22(30-23)11-16(27-6)28-12-22/h13,15-17,19,25H,7-12H2,1-6H3. The molecule has 30 heavy (non-hydrogen) atoms. The highest BCUT2D eigenvalue weighted by Gasteiger charge is 2.73. The average Bonchev–Trinajstić information content (AvgIpc) is 3.26. The number of carbonyl (C=O) groups excluding carboxylic acids is 2. The second-order valence-corrected chi connectivity index (χ2v) is 10.8. The highest BCUT2D eigenvalue weighted by molar-refractivity contribution is 5.89. The van der Waals surface area contributed by atoms with Gasteiger partial charge in [-0.1, -0.05) is 27.7 Å². The number of esters is 1. The highest BCUT2D eigenvalue weighted by atomic mass is 16.7. The predicted molar refractivity (Wildman–Crippen MR) is 107 cm³/mol. The Morgan fingerprint density at radius 2 is 1.90 bits per heavy atom. The number of rotatable bonds is 2. The molecule has 2 saturated heterocycles. The molecule has 2 saturated carbocycles. The van der Waals surface area contributed by atoms with E-state index in [9.17, 15) is 14.7 Å². The Balaban J connectivity index is 1.74. The largest absolute Gasteiger partial charge is 0.462 e. The van der Waals surface area contributed by atoms with Gasteiger partial charge < -0.3 is 24.1 Å². The van der Waals surface area contributed by atoms with Gasteiger partial charge in [0.15, 0.2) is 12.1 Å². The number of fused-ring (bicyclic) bond motifs is 2. The zero-order chi connectivity index (χ0) is 22.1. The summed E-state index contributed by atoms with van der Waals surface area (Å²) in [6.07, 6.45) is 1.85. The van der Waals surface area contributed by atoms with E-state index in [1.807, 2.05) is 20.8 Å². The van der Waals surface area contributed by atoms with Gasteiger partial charge >= 0.3 is 5.97 Å². The van der Waals surface area contributed by atoms with E-state index in [1.165, 1.54) is 6.92 Å². The Bertz CT molecular complexity index is 735. The molecule has 8 atom stereocenters. The molecule has 7 heteroatoms. The number of hydrogen-bond donors (Lipinski definition) is 1.